The molecule has 1 heterocycles. The number of aliphatic hydroxyl groups is 1. The van der Waals surface area contributed by atoms with Crippen LogP contribution in [0.25, 0.3) is 5.69 Å². The highest BCUT2D eigenvalue weighted by atomic mass is 35.5. The Morgan fingerprint density at radius 2 is 2.10 bits per heavy atom. The van der Waals surface area contributed by atoms with E-state index in [1.54, 1.807) is 19.1 Å². The van der Waals surface area contributed by atoms with E-state index in [0.29, 0.717) is 11.4 Å². The molecule has 1 amide bonds. The second kappa shape index (κ2) is 5.94. The average molecular weight is 296 g/mol. The molecule has 2 rings (SSSR count). The first-order valence-electron chi connectivity index (χ1n) is 6.00. The highest BCUT2D eigenvalue weighted by molar-refractivity contribution is 6.34. The summed E-state index contributed by atoms with van der Waals surface area (Å²) in [5, 5.41) is 25.0. The predicted molar refractivity (Wildman–Crippen MR) is 75.6 cm³/mol. The van der Waals surface area contributed by atoms with Crippen molar-refractivity contribution in [2.45, 2.75) is 19.4 Å². The molecule has 0 spiro atoms. The number of benzene rings is 1. The first kappa shape index (κ1) is 14.4. The number of aromatic nitrogens is 2. The third-order valence-electron chi connectivity index (χ3n) is 2.61. The van der Waals surface area contributed by atoms with E-state index in [0.717, 1.165) is 0 Å². The van der Waals surface area contributed by atoms with Crippen molar-refractivity contribution < 1.29 is 15.0 Å². The second-order valence-corrected chi connectivity index (χ2v) is 4.72. The minimum atomic E-state index is -1.23. The van der Waals surface area contributed by atoms with Gasteiger partial charge in [-0.05, 0) is 19.1 Å². The lowest BCUT2D eigenvalue weighted by molar-refractivity contribution is 0.194. The van der Waals surface area contributed by atoms with Gasteiger partial charge in [-0.15, -0.1) is 0 Å². The van der Waals surface area contributed by atoms with Gasteiger partial charge in [-0.2, -0.15) is 5.10 Å². The number of anilines is 1. The van der Waals surface area contributed by atoms with Gasteiger partial charge in [0.05, 0.1) is 17.5 Å². The van der Waals surface area contributed by atoms with Crippen LogP contribution in [0.4, 0.5) is 10.6 Å². The van der Waals surface area contributed by atoms with Crippen molar-refractivity contribution in [2.24, 2.45) is 0 Å². The highest BCUT2D eigenvalue weighted by Crippen LogP contribution is 2.29. The summed E-state index contributed by atoms with van der Waals surface area (Å²) in [5.74, 6) is 0.168. The van der Waals surface area contributed by atoms with Gasteiger partial charge in [0.15, 0.2) is 5.82 Å². The number of carboxylic acid groups (broad SMARTS) is 1. The van der Waals surface area contributed by atoms with E-state index in [2.05, 4.69) is 10.4 Å². The Balaban J connectivity index is 2.51. The largest absolute Gasteiger partial charge is 0.465 e. The summed E-state index contributed by atoms with van der Waals surface area (Å²) in [5.41, 5.74) is 1.12. The molecule has 0 aliphatic carbocycles. The fourth-order valence-electron chi connectivity index (χ4n) is 1.82. The van der Waals surface area contributed by atoms with Crippen molar-refractivity contribution in [2.75, 3.05) is 5.32 Å². The lowest BCUT2D eigenvalue weighted by Crippen LogP contribution is -2.12. The fraction of sp³-hybridized carbons (Fsp3) is 0.231. The fourth-order valence-corrected chi connectivity index (χ4v) is 2.06. The van der Waals surface area contributed by atoms with Crippen molar-refractivity contribution in [1.29, 1.82) is 0 Å². The molecule has 1 unspecified atom stereocenters. The quantitative estimate of drug-likeness (QED) is 0.809. The average Bonchev–Trinajstić information content (AvgIpc) is 2.68. The third-order valence-corrected chi connectivity index (χ3v) is 3.01. The van der Waals surface area contributed by atoms with Gasteiger partial charge in [0, 0.05) is 6.42 Å². The molecule has 20 heavy (non-hydrogen) atoms. The number of hydrogen-bond acceptors (Lipinski definition) is 3. The Kier molecular flexibility index (Phi) is 4.26. The van der Waals surface area contributed by atoms with Crippen LogP contribution in [-0.2, 0) is 6.42 Å². The molecule has 0 aliphatic heterocycles. The normalized spacial score (nSPS) is 12.2. The van der Waals surface area contributed by atoms with Crippen LogP contribution in [0.2, 0.25) is 5.02 Å². The van der Waals surface area contributed by atoms with Gasteiger partial charge in [0.1, 0.15) is 5.02 Å². The number of hydrogen-bond donors (Lipinski definition) is 3. The Labute approximate surface area is 120 Å². The summed E-state index contributed by atoms with van der Waals surface area (Å²) < 4.78 is 1.41. The SMILES string of the molecule is CC(O)Cc1nn(-c2ccccc2)c(NC(=O)O)c1Cl. The zero-order valence-corrected chi connectivity index (χ0v) is 11.5. The predicted octanol–water partition coefficient (Wildman–Crippen LogP) is 2.54. The van der Waals surface area contributed by atoms with E-state index in [-0.39, 0.29) is 17.3 Å². The van der Waals surface area contributed by atoms with Gasteiger partial charge in [0.25, 0.3) is 0 Å². The maximum Gasteiger partial charge on any atom is 0.410 e. The molecule has 1 aromatic carbocycles. The Morgan fingerprint density at radius 3 is 2.65 bits per heavy atom. The van der Waals surface area contributed by atoms with Crippen LogP contribution < -0.4 is 5.32 Å². The highest BCUT2D eigenvalue weighted by Gasteiger charge is 2.20. The molecule has 2 aromatic rings. The monoisotopic (exact) mass is 295 g/mol. The molecular weight excluding hydrogens is 282 g/mol. The van der Waals surface area contributed by atoms with Crippen LogP contribution in [0, 0.1) is 0 Å². The summed E-state index contributed by atoms with van der Waals surface area (Å²) >= 11 is 6.15. The van der Waals surface area contributed by atoms with Crippen molar-refractivity contribution in [3.8, 4) is 5.69 Å². The zero-order chi connectivity index (χ0) is 14.7. The number of halogens is 1. The Bertz CT molecular complexity index is 611. The van der Waals surface area contributed by atoms with Crippen LogP contribution in [0.5, 0.6) is 0 Å². The molecule has 7 heteroatoms. The lowest BCUT2D eigenvalue weighted by Gasteiger charge is -2.06. The van der Waals surface area contributed by atoms with E-state index in [1.165, 1.54) is 4.68 Å². The van der Waals surface area contributed by atoms with E-state index in [9.17, 15) is 9.90 Å². The number of nitrogens with zero attached hydrogens (tertiary/aromatic N) is 2. The van der Waals surface area contributed by atoms with Crippen molar-refractivity contribution >= 4 is 23.5 Å². The van der Waals surface area contributed by atoms with Crippen molar-refractivity contribution in [3.63, 3.8) is 0 Å². The molecule has 0 radical (unpaired) electrons. The minimum Gasteiger partial charge on any atom is -0.465 e. The standard InChI is InChI=1S/C13H14ClN3O3/c1-8(18)7-10-11(14)12(15-13(19)20)17(16-10)9-5-3-2-4-6-9/h2-6,8,15,18H,7H2,1H3,(H,19,20). The van der Waals surface area contributed by atoms with Crippen LogP contribution in [0.3, 0.4) is 0 Å². The number of para-hydroxylation sites is 1. The minimum absolute atomic E-state index is 0.168. The lowest BCUT2D eigenvalue weighted by atomic mass is 10.2. The molecule has 0 saturated carbocycles. The zero-order valence-electron chi connectivity index (χ0n) is 10.7. The summed E-state index contributed by atoms with van der Waals surface area (Å²) in [7, 11) is 0. The Morgan fingerprint density at radius 1 is 1.45 bits per heavy atom. The van der Waals surface area contributed by atoms with E-state index < -0.39 is 12.2 Å². The smallest absolute Gasteiger partial charge is 0.410 e. The molecule has 0 aliphatic rings. The van der Waals surface area contributed by atoms with E-state index in [4.69, 9.17) is 16.7 Å². The summed E-state index contributed by atoms with van der Waals surface area (Å²) in [6.45, 7) is 1.61. The summed E-state index contributed by atoms with van der Waals surface area (Å²) in [6, 6.07) is 9.02. The molecule has 106 valence electrons. The van der Waals surface area contributed by atoms with Gasteiger partial charge in [-0.1, -0.05) is 29.8 Å². The molecule has 1 aromatic heterocycles. The topological polar surface area (TPSA) is 87.4 Å². The number of nitrogens with one attached hydrogen (secondary N) is 1. The molecule has 1 atom stereocenters. The first-order valence-corrected chi connectivity index (χ1v) is 6.37. The van der Waals surface area contributed by atoms with Crippen molar-refractivity contribution in [1.82, 2.24) is 9.78 Å². The number of rotatable bonds is 4. The second-order valence-electron chi connectivity index (χ2n) is 4.34. The summed E-state index contributed by atoms with van der Waals surface area (Å²) in [4.78, 5) is 10.9. The molecule has 6 nitrogen and oxygen atoms in total. The van der Waals surface area contributed by atoms with Crippen LogP contribution >= 0.6 is 11.6 Å². The Hall–Kier alpha value is -2.05. The van der Waals surface area contributed by atoms with Crippen molar-refractivity contribution in [3.05, 3.63) is 41.0 Å². The molecule has 3 N–H and O–H groups in total. The maximum absolute atomic E-state index is 10.9. The molecule has 0 fully saturated rings. The van der Waals surface area contributed by atoms with Gasteiger partial charge in [-0.25, -0.2) is 9.48 Å². The van der Waals surface area contributed by atoms with Gasteiger partial charge in [0.2, 0.25) is 0 Å². The van der Waals surface area contributed by atoms with Crippen LogP contribution in [-0.4, -0.2) is 32.2 Å². The van der Waals surface area contributed by atoms with Crippen LogP contribution in [0.1, 0.15) is 12.6 Å². The number of aliphatic hydroxyl groups excluding tert-OH is 1. The van der Waals surface area contributed by atoms with E-state index in [1.807, 2.05) is 18.2 Å². The molecular formula is C13H14ClN3O3. The van der Waals surface area contributed by atoms with E-state index >= 15 is 0 Å². The van der Waals surface area contributed by atoms with Crippen LogP contribution in [0.15, 0.2) is 30.3 Å². The maximum atomic E-state index is 10.9. The summed E-state index contributed by atoms with van der Waals surface area (Å²) in [6.07, 6.45) is -1.61. The number of amides is 1. The third kappa shape index (κ3) is 3.09. The molecule has 0 bridgehead atoms. The van der Waals surface area contributed by atoms with Gasteiger partial charge >= 0.3 is 6.09 Å². The van der Waals surface area contributed by atoms with Gasteiger partial charge < -0.3 is 10.2 Å². The van der Waals surface area contributed by atoms with Gasteiger partial charge in [-0.3, -0.25) is 5.32 Å². The first-order chi connectivity index (χ1) is 9.49. The number of carbonyl (C=O) groups is 1. The molecule has 0 saturated heterocycles.